The number of hydrogen-bond donors (Lipinski definition) is 0. The van der Waals surface area contributed by atoms with E-state index < -0.39 is 12.7 Å². The molecule has 0 spiro atoms. The van der Waals surface area contributed by atoms with Gasteiger partial charge in [-0.2, -0.15) is 13.8 Å². The van der Waals surface area contributed by atoms with Crippen molar-refractivity contribution in [2.24, 2.45) is 0 Å². The number of para-hydroxylation sites is 1. The van der Waals surface area contributed by atoms with Crippen LogP contribution in [0.4, 0.5) is 8.78 Å². The monoisotopic (exact) mass is 263 g/mol. The molecule has 6 heteroatoms. The lowest BCUT2D eigenvalue weighted by Crippen LogP contribution is -2.01. The summed E-state index contributed by atoms with van der Waals surface area (Å²) in [5, 5.41) is 0. The predicted octanol–water partition coefficient (Wildman–Crippen LogP) is 3.19. The number of ether oxygens (including phenoxy) is 1. The van der Waals surface area contributed by atoms with Crippen molar-refractivity contribution < 1.29 is 17.9 Å². The van der Waals surface area contributed by atoms with Crippen LogP contribution in [-0.4, -0.2) is 11.6 Å². The van der Waals surface area contributed by atoms with E-state index in [1.54, 1.807) is 18.2 Å². The van der Waals surface area contributed by atoms with Gasteiger partial charge in [0.25, 0.3) is 0 Å². The third kappa shape index (κ3) is 1.70. The van der Waals surface area contributed by atoms with Gasteiger partial charge in [-0.05, 0) is 28.1 Å². The van der Waals surface area contributed by atoms with Gasteiger partial charge in [-0.3, -0.25) is 0 Å². The number of oxazole rings is 1. The Morgan fingerprint density at radius 2 is 2.21 bits per heavy atom. The van der Waals surface area contributed by atoms with Crippen LogP contribution in [0.25, 0.3) is 11.1 Å². The van der Waals surface area contributed by atoms with Crippen molar-refractivity contribution >= 4 is 27.0 Å². The minimum Gasteiger partial charge on any atom is -0.408 e. The number of aromatic nitrogens is 1. The molecule has 0 bridgehead atoms. The molecule has 1 aromatic heterocycles. The Balaban J connectivity index is 2.46. The van der Waals surface area contributed by atoms with Crippen molar-refractivity contribution in [1.29, 1.82) is 0 Å². The SMILES string of the molecule is FC(F)Oc1nc2cccc(Br)c2o1. The molecule has 0 unspecified atom stereocenters. The van der Waals surface area contributed by atoms with E-state index in [1.165, 1.54) is 0 Å². The van der Waals surface area contributed by atoms with Crippen LogP contribution >= 0.6 is 15.9 Å². The van der Waals surface area contributed by atoms with Crippen LogP contribution in [0.3, 0.4) is 0 Å². The maximum absolute atomic E-state index is 11.8. The van der Waals surface area contributed by atoms with Gasteiger partial charge in [0.2, 0.25) is 0 Å². The lowest BCUT2D eigenvalue weighted by molar-refractivity contribution is -0.0664. The number of benzene rings is 1. The normalized spacial score (nSPS) is 11.1. The molecule has 0 saturated heterocycles. The standard InChI is InChI=1S/C8H4BrF2NO2/c9-4-2-1-3-5-6(4)13-8(12-5)14-7(10)11/h1-3,7H. The molecule has 0 saturated carbocycles. The van der Waals surface area contributed by atoms with E-state index in [1.807, 2.05) is 0 Å². The first-order chi connectivity index (χ1) is 6.66. The second-order valence-electron chi connectivity index (χ2n) is 2.45. The fraction of sp³-hybridized carbons (Fsp3) is 0.125. The van der Waals surface area contributed by atoms with Gasteiger partial charge in [-0.15, -0.1) is 0 Å². The van der Waals surface area contributed by atoms with Crippen LogP contribution in [0.1, 0.15) is 0 Å². The van der Waals surface area contributed by atoms with E-state index >= 15 is 0 Å². The van der Waals surface area contributed by atoms with E-state index in [-0.39, 0.29) is 0 Å². The molecule has 1 aromatic carbocycles. The zero-order valence-corrected chi connectivity index (χ0v) is 8.29. The molecule has 0 aliphatic carbocycles. The smallest absolute Gasteiger partial charge is 0.399 e. The van der Waals surface area contributed by atoms with Crippen molar-refractivity contribution in [1.82, 2.24) is 4.98 Å². The van der Waals surface area contributed by atoms with Gasteiger partial charge in [0.15, 0.2) is 5.58 Å². The van der Waals surface area contributed by atoms with Crippen LogP contribution < -0.4 is 4.74 Å². The predicted molar refractivity (Wildman–Crippen MR) is 48.3 cm³/mol. The van der Waals surface area contributed by atoms with Crippen molar-refractivity contribution in [2.45, 2.75) is 6.61 Å². The van der Waals surface area contributed by atoms with Gasteiger partial charge in [0.05, 0.1) is 4.47 Å². The van der Waals surface area contributed by atoms with Crippen molar-refractivity contribution in [3.8, 4) is 6.08 Å². The highest BCUT2D eigenvalue weighted by Crippen LogP contribution is 2.27. The average molecular weight is 264 g/mol. The molecule has 1 heterocycles. The summed E-state index contributed by atoms with van der Waals surface area (Å²) in [5.41, 5.74) is 0.859. The molecule has 0 fully saturated rings. The molecule has 0 aliphatic rings. The summed E-state index contributed by atoms with van der Waals surface area (Å²) in [7, 11) is 0. The molecular formula is C8H4BrF2NO2. The lowest BCUT2D eigenvalue weighted by atomic mass is 10.3. The lowest BCUT2D eigenvalue weighted by Gasteiger charge is -1.95. The maximum atomic E-state index is 11.8. The number of nitrogens with zero attached hydrogens (tertiary/aromatic N) is 1. The fourth-order valence-electron chi connectivity index (χ4n) is 1.02. The third-order valence-corrected chi connectivity index (χ3v) is 2.16. The highest BCUT2D eigenvalue weighted by molar-refractivity contribution is 9.10. The summed E-state index contributed by atoms with van der Waals surface area (Å²) >= 11 is 3.20. The van der Waals surface area contributed by atoms with Crippen molar-refractivity contribution in [3.05, 3.63) is 22.7 Å². The summed E-state index contributed by atoms with van der Waals surface area (Å²) in [6.45, 7) is -2.93. The fourth-order valence-corrected chi connectivity index (χ4v) is 1.46. The summed E-state index contributed by atoms with van der Waals surface area (Å²) in [6.07, 6.45) is -0.429. The third-order valence-electron chi connectivity index (χ3n) is 1.54. The van der Waals surface area contributed by atoms with Crippen LogP contribution in [0.5, 0.6) is 6.08 Å². The number of alkyl halides is 2. The van der Waals surface area contributed by atoms with E-state index in [9.17, 15) is 8.78 Å². The Bertz CT molecular complexity index is 458. The Hall–Kier alpha value is -1.17. The Morgan fingerprint density at radius 1 is 1.43 bits per heavy atom. The summed E-state index contributed by atoms with van der Waals surface area (Å²) in [4.78, 5) is 3.71. The second kappa shape index (κ2) is 3.53. The van der Waals surface area contributed by atoms with Gasteiger partial charge < -0.3 is 9.15 Å². The molecule has 0 atom stereocenters. The molecular weight excluding hydrogens is 260 g/mol. The molecule has 0 radical (unpaired) electrons. The van der Waals surface area contributed by atoms with Gasteiger partial charge in [-0.1, -0.05) is 6.07 Å². The molecule has 74 valence electrons. The Labute approximate surface area is 85.8 Å². The molecule has 0 amide bonds. The number of hydrogen-bond acceptors (Lipinski definition) is 3. The molecule has 0 aliphatic heterocycles. The molecule has 0 N–H and O–H groups in total. The van der Waals surface area contributed by atoms with Crippen molar-refractivity contribution in [3.63, 3.8) is 0 Å². The number of fused-ring (bicyclic) bond motifs is 1. The van der Waals surface area contributed by atoms with Crippen molar-refractivity contribution in [2.75, 3.05) is 0 Å². The second-order valence-corrected chi connectivity index (χ2v) is 3.30. The van der Waals surface area contributed by atoms with E-state index in [0.717, 1.165) is 0 Å². The largest absolute Gasteiger partial charge is 0.408 e. The first-order valence-electron chi connectivity index (χ1n) is 3.66. The summed E-state index contributed by atoms with van der Waals surface area (Å²) in [6, 6.07) is 5.09. The Morgan fingerprint density at radius 3 is 2.86 bits per heavy atom. The van der Waals surface area contributed by atoms with Crippen LogP contribution in [0, 0.1) is 0 Å². The van der Waals surface area contributed by atoms with Crippen LogP contribution in [0.15, 0.2) is 27.1 Å². The minimum absolute atomic E-state index is 0.392. The number of halogens is 3. The zero-order valence-electron chi connectivity index (χ0n) is 6.71. The first kappa shape index (κ1) is 9.39. The Kier molecular flexibility index (Phi) is 2.37. The highest BCUT2D eigenvalue weighted by atomic mass is 79.9. The van der Waals surface area contributed by atoms with E-state index in [4.69, 9.17) is 4.42 Å². The van der Waals surface area contributed by atoms with E-state index in [0.29, 0.717) is 15.6 Å². The highest BCUT2D eigenvalue weighted by Gasteiger charge is 2.13. The summed E-state index contributed by atoms with van der Waals surface area (Å²) in [5.74, 6) is 0. The summed E-state index contributed by atoms with van der Waals surface area (Å²) < 4.78 is 33.2. The van der Waals surface area contributed by atoms with Crippen LogP contribution in [0.2, 0.25) is 0 Å². The average Bonchev–Trinajstić information content (AvgIpc) is 2.47. The number of rotatable bonds is 2. The molecule has 2 rings (SSSR count). The van der Waals surface area contributed by atoms with Crippen LogP contribution in [-0.2, 0) is 0 Å². The molecule has 3 nitrogen and oxygen atoms in total. The zero-order chi connectivity index (χ0) is 10.1. The molecule has 2 aromatic rings. The topological polar surface area (TPSA) is 35.3 Å². The quantitative estimate of drug-likeness (QED) is 0.835. The van der Waals surface area contributed by atoms with Gasteiger partial charge in [0.1, 0.15) is 5.52 Å². The first-order valence-corrected chi connectivity index (χ1v) is 4.46. The minimum atomic E-state index is -2.93. The van der Waals surface area contributed by atoms with Gasteiger partial charge >= 0.3 is 12.7 Å². The van der Waals surface area contributed by atoms with E-state index in [2.05, 4.69) is 25.7 Å². The maximum Gasteiger partial charge on any atom is 0.399 e. The van der Waals surface area contributed by atoms with Gasteiger partial charge in [-0.25, -0.2) is 0 Å². The van der Waals surface area contributed by atoms with Gasteiger partial charge in [0, 0.05) is 0 Å². The molecule has 14 heavy (non-hydrogen) atoms.